The molecule has 0 bridgehead atoms. The first-order chi connectivity index (χ1) is 27.5. The zero-order valence-corrected chi connectivity index (χ0v) is 40.1. The fourth-order valence-corrected chi connectivity index (χ4v) is 7.05. The van der Waals surface area contributed by atoms with Crippen LogP contribution in [0.4, 0.5) is 0 Å². The van der Waals surface area contributed by atoms with Gasteiger partial charge in [-0.15, -0.1) is 0 Å². The van der Waals surface area contributed by atoms with E-state index in [1.165, 1.54) is 0 Å². The predicted molar refractivity (Wildman–Crippen MR) is 229 cm³/mol. The Balaban J connectivity index is 0.000000729. The summed E-state index contributed by atoms with van der Waals surface area (Å²) in [5, 5.41) is 0. The molecule has 0 atom stereocenters. The maximum atomic E-state index is 5.52. The molecule has 322 valence electrons. The zero-order chi connectivity index (χ0) is 40.9. The van der Waals surface area contributed by atoms with Gasteiger partial charge in [-0.05, 0) is 104 Å². The molecule has 4 aromatic rings. The second-order valence-electron chi connectivity index (χ2n) is 9.85. The van der Waals surface area contributed by atoms with E-state index in [4.69, 9.17) is 54.3 Å². The summed E-state index contributed by atoms with van der Waals surface area (Å²) >= 11 is 0. The van der Waals surface area contributed by atoms with Crippen LogP contribution in [0.25, 0.3) is 0 Å². The molecule has 0 heterocycles. The van der Waals surface area contributed by atoms with Crippen molar-refractivity contribution in [1.29, 1.82) is 0 Å². The van der Waals surface area contributed by atoms with Gasteiger partial charge in [-0.1, -0.05) is 72.8 Å². The number of hydrogen-bond donors (Lipinski definition) is 0. The molecule has 0 spiro atoms. The molecule has 0 unspecified atom stereocenters. The van der Waals surface area contributed by atoms with E-state index in [1.807, 2.05) is 177 Å². The number of benzene rings is 4. The van der Waals surface area contributed by atoms with E-state index in [1.54, 1.807) is 0 Å². The van der Waals surface area contributed by atoms with E-state index < -0.39 is 34.4 Å². The van der Waals surface area contributed by atoms with Crippen LogP contribution in [0.2, 0.25) is 0 Å². The van der Waals surface area contributed by atoms with Crippen LogP contribution >= 0.6 is 34.4 Å². The van der Waals surface area contributed by atoms with Crippen LogP contribution in [0.15, 0.2) is 121 Å². The smallest absolute Gasteiger partial charge is 0.397 e. The molecule has 4 aromatic carbocycles. The van der Waals surface area contributed by atoms with Crippen molar-refractivity contribution in [2.75, 3.05) is 52.9 Å². The van der Waals surface area contributed by atoms with Crippen molar-refractivity contribution in [3.05, 3.63) is 121 Å². The summed E-state index contributed by atoms with van der Waals surface area (Å²) in [6, 6.07) is 38.2. The van der Waals surface area contributed by atoms with Gasteiger partial charge in [0.25, 0.3) is 0 Å². The fourth-order valence-electron chi connectivity index (χ4n) is 3.47. The minimum atomic E-state index is -1.24. The van der Waals surface area contributed by atoms with E-state index in [0.717, 1.165) is 23.0 Å². The van der Waals surface area contributed by atoms with Gasteiger partial charge in [-0.25, -0.2) is 0 Å². The Bertz CT molecular complexity index is 1160. The van der Waals surface area contributed by atoms with E-state index >= 15 is 0 Å². The molecule has 0 N–H and O–H groups in total. The van der Waals surface area contributed by atoms with Crippen molar-refractivity contribution in [3.8, 4) is 23.0 Å². The first-order valence-electron chi connectivity index (χ1n) is 18.6. The Morgan fingerprint density at radius 2 is 0.404 bits per heavy atom. The van der Waals surface area contributed by atoms with Gasteiger partial charge >= 0.3 is 34.4 Å². The first-order valence-corrected chi connectivity index (χ1v) is 23.0. The van der Waals surface area contributed by atoms with Crippen molar-refractivity contribution >= 4 is 34.4 Å². The van der Waals surface area contributed by atoms with Gasteiger partial charge in [0.1, 0.15) is 23.0 Å². The standard InChI is InChI=1S/4C10H15O3P.Pt/c4*1-3-11-14(12-4-2)13-10-8-6-5-7-9-10;/h4*5-9H,3-4H2,1-2H3;. The molecule has 17 heteroatoms. The van der Waals surface area contributed by atoms with Crippen LogP contribution in [0.1, 0.15) is 55.4 Å². The molecule has 0 saturated carbocycles. The van der Waals surface area contributed by atoms with E-state index in [0.29, 0.717) is 52.9 Å². The molecule has 0 aromatic heterocycles. The summed E-state index contributed by atoms with van der Waals surface area (Å²) in [5.74, 6) is 3.11. The molecule has 0 fully saturated rings. The first kappa shape index (κ1) is 55.2. The van der Waals surface area contributed by atoms with Crippen LogP contribution in [0.5, 0.6) is 23.0 Å². The SMILES string of the molecule is CCOP(OCC)Oc1ccccc1.CCOP(OCC)Oc1ccccc1.CCOP(OCC)Oc1ccccc1.CCOP(OCC)Oc1ccccc1.[Pt]. The molecule has 0 saturated heterocycles. The van der Waals surface area contributed by atoms with Crippen LogP contribution in [0.3, 0.4) is 0 Å². The molecule has 57 heavy (non-hydrogen) atoms. The van der Waals surface area contributed by atoms with E-state index in [9.17, 15) is 0 Å². The number of hydrogen-bond acceptors (Lipinski definition) is 12. The average molecular weight is 1050 g/mol. The van der Waals surface area contributed by atoms with E-state index in [-0.39, 0.29) is 21.1 Å². The Morgan fingerprint density at radius 1 is 0.263 bits per heavy atom. The molecule has 0 radical (unpaired) electrons. The second kappa shape index (κ2) is 39.6. The van der Waals surface area contributed by atoms with Gasteiger partial charge in [0.15, 0.2) is 0 Å². The molecule has 0 aliphatic rings. The van der Waals surface area contributed by atoms with E-state index in [2.05, 4.69) is 0 Å². The summed E-state index contributed by atoms with van der Waals surface area (Å²) in [5.41, 5.74) is 0. The summed E-state index contributed by atoms with van der Waals surface area (Å²) in [7, 11) is -4.95. The number of para-hydroxylation sites is 4. The monoisotopic (exact) mass is 1050 g/mol. The van der Waals surface area contributed by atoms with Crippen LogP contribution in [-0.2, 0) is 57.3 Å². The third-order valence-corrected chi connectivity index (χ3v) is 10.8. The summed E-state index contributed by atoms with van der Waals surface area (Å²) in [6.07, 6.45) is 0. The van der Waals surface area contributed by atoms with Crippen molar-refractivity contribution in [2.24, 2.45) is 0 Å². The maximum absolute atomic E-state index is 5.52. The minimum Gasteiger partial charge on any atom is -0.427 e. The summed E-state index contributed by atoms with van der Waals surface area (Å²) < 4.78 is 64.5. The maximum Gasteiger partial charge on any atom is 0.397 e. The van der Waals surface area contributed by atoms with Crippen LogP contribution in [0, 0.1) is 0 Å². The molecule has 0 amide bonds. The molecule has 0 aliphatic carbocycles. The minimum absolute atomic E-state index is 0. The molecular weight excluding hydrogens is 991 g/mol. The van der Waals surface area contributed by atoms with Crippen molar-refractivity contribution in [3.63, 3.8) is 0 Å². The summed E-state index contributed by atoms with van der Waals surface area (Å²) in [6.45, 7) is 20.1. The Labute approximate surface area is 360 Å². The fraction of sp³-hybridized carbons (Fsp3) is 0.400. The molecule has 0 aliphatic heterocycles. The zero-order valence-electron chi connectivity index (χ0n) is 34.2. The van der Waals surface area contributed by atoms with Gasteiger partial charge in [0.2, 0.25) is 0 Å². The topological polar surface area (TPSA) is 111 Å². The third-order valence-electron chi connectivity index (χ3n) is 5.57. The van der Waals surface area contributed by atoms with Gasteiger partial charge in [0, 0.05) is 21.1 Å². The predicted octanol–water partition coefficient (Wildman–Crippen LogP) is 13.5. The van der Waals surface area contributed by atoms with Crippen molar-refractivity contribution in [1.82, 2.24) is 0 Å². The Morgan fingerprint density at radius 3 is 0.526 bits per heavy atom. The quantitative estimate of drug-likeness (QED) is 0.0623. The molecule has 4 rings (SSSR count). The number of rotatable bonds is 24. The van der Waals surface area contributed by atoms with Gasteiger partial charge in [-0.2, -0.15) is 0 Å². The van der Waals surface area contributed by atoms with Gasteiger partial charge in [-0.3, -0.25) is 0 Å². The van der Waals surface area contributed by atoms with Gasteiger partial charge in [0.05, 0.1) is 52.9 Å². The third kappa shape index (κ3) is 29.9. The normalized spacial score (nSPS) is 10.3. The largest absolute Gasteiger partial charge is 0.427 e. The summed E-state index contributed by atoms with van der Waals surface area (Å²) in [4.78, 5) is 0. The van der Waals surface area contributed by atoms with Crippen molar-refractivity contribution < 1.29 is 75.4 Å². The second-order valence-corrected chi connectivity index (χ2v) is 14.4. The Hall–Kier alpha value is -1.83. The average Bonchev–Trinajstić information content (AvgIpc) is 3.21. The molecular formula is C40H60O12P4Pt. The van der Waals surface area contributed by atoms with Crippen molar-refractivity contribution in [2.45, 2.75) is 55.4 Å². The van der Waals surface area contributed by atoms with Crippen LogP contribution in [-0.4, -0.2) is 52.9 Å². The Kier molecular flexibility index (Phi) is 38.3. The van der Waals surface area contributed by atoms with Crippen LogP contribution < -0.4 is 18.1 Å². The van der Waals surface area contributed by atoms with Gasteiger partial charge < -0.3 is 54.3 Å². The molecule has 12 nitrogen and oxygen atoms in total.